The normalized spacial score (nSPS) is 14.7. The second-order valence-corrected chi connectivity index (χ2v) is 4.33. The van der Waals surface area contributed by atoms with E-state index < -0.39 is 0 Å². The molecule has 0 spiro atoms. The fourth-order valence-corrected chi connectivity index (χ4v) is 1.68. The van der Waals surface area contributed by atoms with E-state index in [4.69, 9.17) is 10.5 Å². The third kappa shape index (κ3) is 7.65. The lowest BCUT2D eigenvalue weighted by molar-refractivity contribution is -0.121. The van der Waals surface area contributed by atoms with Gasteiger partial charge in [-0.2, -0.15) is 0 Å². The van der Waals surface area contributed by atoms with Crippen molar-refractivity contribution in [3.8, 4) is 0 Å². The Bertz CT molecular complexity index is 186. The third-order valence-electron chi connectivity index (χ3n) is 2.65. The number of unbranched alkanes of at least 4 members (excludes halogenated alkanes) is 3. The number of hydrogen-bond donors (Lipinski definition) is 2. The highest BCUT2D eigenvalue weighted by molar-refractivity contribution is 5.80. The molecular formula is C12H26N2O2. The highest BCUT2D eigenvalue weighted by atomic mass is 16.5. The summed E-state index contributed by atoms with van der Waals surface area (Å²) < 4.78 is 4.95. The molecule has 0 radical (unpaired) electrons. The number of amides is 1. The first-order valence-corrected chi connectivity index (χ1v) is 6.16. The fraction of sp³-hybridized carbons (Fsp3) is 0.917. The van der Waals surface area contributed by atoms with Crippen molar-refractivity contribution in [2.24, 2.45) is 5.73 Å². The standard InChI is InChI=1S/C12H26N2O2/c1-4-5-6-7-8-10(2)14-11(9-16-3)12(13)15/h10-11,14H,4-9H2,1-3H3,(H2,13,15). The van der Waals surface area contributed by atoms with Gasteiger partial charge in [-0.3, -0.25) is 4.79 Å². The van der Waals surface area contributed by atoms with Gasteiger partial charge in [-0.05, 0) is 13.3 Å². The number of methoxy groups -OCH3 is 1. The first-order valence-electron chi connectivity index (χ1n) is 6.16. The number of rotatable bonds is 10. The summed E-state index contributed by atoms with van der Waals surface area (Å²) in [6, 6.07) is -0.0596. The summed E-state index contributed by atoms with van der Waals surface area (Å²) in [5.41, 5.74) is 5.27. The van der Waals surface area contributed by atoms with Crippen LogP contribution in [-0.4, -0.2) is 31.7 Å². The van der Waals surface area contributed by atoms with Crippen LogP contribution in [0.15, 0.2) is 0 Å². The van der Waals surface area contributed by atoms with Crippen LogP contribution in [0.4, 0.5) is 0 Å². The number of nitrogens with two attached hydrogens (primary N) is 1. The summed E-state index contributed by atoms with van der Waals surface area (Å²) >= 11 is 0. The first-order chi connectivity index (χ1) is 7.61. The van der Waals surface area contributed by atoms with Gasteiger partial charge in [0.05, 0.1) is 6.61 Å². The van der Waals surface area contributed by atoms with E-state index >= 15 is 0 Å². The van der Waals surface area contributed by atoms with Crippen molar-refractivity contribution >= 4 is 5.91 Å². The zero-order chi connectivity index (χ0) is 12.4. The maximum absolute atomic E-state index is 11.1. The molecule has 0 aliphatic rings. The Hall–Kier alpha value is -0.610. The lowest BCUT2D eigenvalue weighted by Gasteiger charge is -2.20. The van der Waals surface area contributed by atoms with Crippen LogP contribution >= 0.6 is 0 Å². The molecule has 16 heavy (non-hydrogen) atoms. The van der Waals surface area contributed by atoms with Gasteiger partial charge in [-0.15, -0.1) is 0 Å². The minimum Gasteiger partial charge on any atom is -0.383 e. The second-order valence-electron chi connectivity index (χ2n) is 4.33. The Kier molecular flexibility index (Phi) is 9.24. The van der Waals surface area contributed by atoms with Crippen LogP contribution in [0.3, 0.4) is 0 Å². The Morgan fingerprint density at radius 2 is 2.06 bits per heavy atom. The van der Waals surface area contributed by atoms with E-state index in [9.17, 15) is 4.79 Å². The van der Waals surface area contributed by atoms with Gasteiger partial charge in [0.15, 0.2) is 0 Å². The maximum Gasteiger partial charge on any atom is 0.236 e. The Labute approximate surface area is 98.9 Å². The van der Waals surface area contributed by atoms with Gasteiger partial charge < -0.3 is 15.8 Å². The highest BCUT2D eigenvalue weighted by Gasteiger charge is 2.16. The molecule has 4 heteroatoms. The molecule has 0 aliphatic heterocycles. The molecule has 0 aromatic heterocycles. The molecule has 0 saturated heterocycles. The van der Waals surface area contributed by atoms with Crippen LogP contribution < -0.4 is 11.1 Å². The van der Waals surface area contributed by atoms with Gasteiger partial charge in [0.25, 0.3) is 0 Å². The molecule has 0 aromatic carbocycles. The number of hydrogen-bond acceptors (Lipinski definition) is 3. The number of primary amides is 1. The predicted octanol–water partition coefficient (Wildman–Crippen LogP) is 1.44. The van der Waals surface area contributed by atoms with Crippen LogP contribution in [0.5, 0.6) is 0 Å². The van der Waals surface area contributed by atoms with E-state index in [0.717, 1.165) is 6.42 Å². The SMILES string of the molecule is CCCCCCC(C)NC(COC)C(N)=O. The topological polar surface area (TPSA) is 64.3 Å². The van der Waals surface area contributed by atoms with Crippen molar-refractivity contribution in [3.05, 3.63) is 0 Å². The number of nitrogens with one attached hydrogen (secondary N) is 1. The molecule has 0 saturated carbocycles. The summed E-state index contributed by atoms with van der Waals surface area (Å²) in [6.45, 7) is 4.62. The smallest absolute Gasteiger partial charge is 0.236 e. The minimum absolute atomic E-state index is 0.310. The summed E-state index contributed by atoms with van der Waals surface area (Å²) in [5, 5.41) is 3.19. The van der Waals surface area contributed by atoms with Crippen LogP contribution in [0.25, 0.3) is 0 Å². The van der Waals surface area contributed by atoms with Crippen LogP contribution in [0.1, 0.15) is 46.0 Å². The molecule has 2 unspecified atom stereocenters. The van der Waals surface area contributed by atoms with E-state index in [-0.39, 0.29) is 11.9 Å². The molecule has 3 N–H and O–H groups in total. The van der Waals surface area contributed by atoms with Gasteiger partial charge in [0.2, 0.25) is 5.91 Å². The monoisotopic (exact) mass is 230 g/mol. The Morgan fingerprint density at radius 1 is 1.38 bits per heavy atom. The zero-order valence-corrected chi connectivity index (χ0v) is 10.8. The first kappa shape index (κ1) is 15.4. The van der Waals surface area contributed by atoms with Crippen LogP contribution in [0.2, 0.25) is 0 Å². The van der Waals surface area contributed by atoms with Crippen molar-refractivity contribution < 1.29 is 9.53 Å². The quantitative estimate of drug-likeness (QED) is 0.558. The van der Waals surface area contributed by atoms with E-state index in [1.54, 1.807) is 7.11 Å². The molecule has 4 nitrogen and oxygen atoms in total. The third-order valence-corrected chi connectivity index (χ3v) is 2.65. The molecule has 0 heterocycles. The summed E-state index contributed by atoms with van der Waals surface area (Å²) in [4.78, 5) is 11.1. The average Bonchev–Trinajstić information content (AvgIpc) is 2.23. The lowest BCUT2D eigenvalue weighted by Crippen LogP contribution is -2.48. The molecule has 0 aromatic rings. The lowest BCUT2D eigenvalue weighted by atomic mass is 10.1. The number of ether oxygens (including phenoxy) is 1. The van der Waals surface area contributed by atoms with E-state index in [1.807, 2.05) is 0 Å². The summed E-state index contributed by atoms with van der Waals surface area (Å²) in [6.07, 6.45) is 6.06. The molecule has 0 rings (SSSR count). The van der Waals surface area contributed by atoms with Gasteiger partial charge in [-0.1, -0.05) is 32.6 Å². The molecule has 2 atom stereocenters. The zero-order valence-electron chi connectivity index (χ0n) is 10.8. The predicted molar refractivity (Wildman–Crippen MR) is 66.2 cm³/mol. The van der Waals surface area contributed by atoms with Gasteiger partial charge in [0, 0.05) is 13.2 Å². The summed E-state index contributed by atoms with van der Waals surface area (Å²) in [7, 11) is 1.57. The van der Waals surface area contributed by atoms with Crippen molar-refractivity contribution in [2.75, 3.05) is 13.7 Å². The van der Waals surface area contributed by atoms with Gasteiger partial charge >= 0.3 is 0 Å². The Balaban J connectivity index is 3.72. The molecule has 0 aliphatic carbocycles. The molecule has 0 bridgehead atoms. The Morgan fingerprint density at radius 3 is 2.56 bits per heavy atom. The van der Waals surface area contributed by atoms with E-state index in [1.165, 1.54) is 25.7 Å². The molecular weight excluding hydrogens is 204 g/mol. The van der Waals surface area contributed by atoms with Crippen molar-refractivity contribution in [1.29, 1.82) is 0 Å². The maximum atomic E-state index is 11.1. The van der Waals surface area contributed by atoms with E-state index in [0.29, 0.717) is 12.6 Å². The molecule has 0 fully saturated rings. The number of carbonyl (C=O) groups excluding carboxylic acids is 1. The average molecular weight is 230 g/mol. The summed E-state index contributed by atoms with van der Waals surface area (Å²) in [5.74, 6) is -0.345. The van der Waals surface area contributed by atoms with Gasteiger partial charge in [0.1, 0.15) is 6.04 Å². The molecule has 96 valence electrons. The van der Waals surface area contributed by atoms with Crippen LogP contribution in [0, 0.1) is 0 Å². The largest absolute Gasteiger partial charge is 0.383 e. The minimum atomic E-state index is -0.369. The van der Waals surface area contributed by atoms with E-state index in [2.05, 4.69) is 19.2 Å². The van der Waals surface area contributed by atoms with Crippen molar-refractivity contribution in [1.82, 2.24) is 5.32 Å². The van der Waals surface area contributed by atoms with Gasteiger partial charge in [-0.25, -0.2) is 0 Å². The number of carbonyl (C=O) groups is 1. The molecule has 1 amide bonds. The second kappa shape index (κ2) is 9.60. The van der Waals surface area contributed by atoms with Crippen LogP contribution in [-0.2, 0) is 9.53 Å². The van der Waals surface area contributed by atoms with Crippen molar-refractivity contribution in [2.45, 2.75) is 58.0 Å². The fourth-order valence-electron chi connectivity index (χ4n) is 1.68. The van der Waals surface area contributed by atoms with Crippen molar-refractivity contribution in [3.63, 3.8) is 0 Å². The highest BCUT2D eigenvalue weighted by Crippen LogP contribution is 2.05.